The normalized spacial score (nSPS) is 11.7. The molecule has 0 bridgehead atoms. The van der Waals surface area contributed by atoms with Crippen LogP contribution in [0.5, 0.6) is 11.5 Å². The Morgan fingerprint density at radius 1 is 1.12 bits per heavy atom. The molecule has 1 atom stereocenters. The van der Waals surface area contributed by atoms with Gasteiger partial charge in [0.2, 0.25) is 5.91 Å². The fourth-order valence-electron chi connectivity index (χ4n) is 3.68. The van der Waals surface area contributed by atoms with Gasteiger partial charge in [-0.25, -0.2) is 0 Å². The number of hydrogen-bond acceptors (Lipinski definition) is 6. The average molecular weight is 460 g/mol. The zero-order valence-corrected chi connectivity index (χ0v) is 18.8. The summed E-state index contributed by atoms with van der Waals surface area (Å²) >= 11 is 0. The minimum atomic E-state index is -0.436. The summed E-state index contributed by atoms with van der Waals surface area (Å²) in [5, 5.41) is 14.7. The van der Waals surface area contributed by atoms with Gasteiger partial charge >= 0.3 is 0 Å². The van der Waals surface area contributed by atoms with E-state index in [4.69, 9.17) is 9.47 Å². The first-order chi connectivity index (χ1) is 16.4. The number of hydrogen-bond donors (Lipinski definition) is 1. The quantitative estimate of drug-likeness (QED) is 0.293. The smallest absolute Gasteiger partial charge is 0.270 e. The number of aromatic nitrogens is 2. The number of amides is 1. The molecule has 34 heavy (non-hydrogen) atoms. The van der Waals surface area contributed by atoms with Crippen molar-refractivity contribution in [2.45, 2.75) is 26.1 Å². The number of rotatable bonds is 9. The van der Waals surface area contributed by atoms with E-state index >= 15 is 0 Å². The number of nitrogens with one attached hydrogen (secondary N) is 1. The van der Waals surface area contributed by atoms with Crippen LogP contribution in [-0.4, -0.2) is 27.5 Å². The van der Waals surface area contributed by atoms with Crippen LogP contribution in [0.15, 0.2) is 73.2 Å². The van der Waals surface area contributed by atoms with Crippen LogP contribution in [0.2, 0.25) is 0 Å². The van der Waals surface area contributed by atoms with Gasteiger partial charge in [-0.3, -0.25) is 19.9 Å². The highest BCUT2D eigenvalue weighted by Crippen LogP contribution is 2.31. The summed E-state index contributed by atoms with van der Waals surface area (Å²) in [6, 6.07) is 15.4. The standard InChI is InChI=1S/C25H24N4O5/c1-17(19-3-6-23(24(14-19)33-2)34-16-18-7-10-26-11-8-18)27-25(30)15-28-12-9-20-13-21(29(31)32)4-5-22(20)28/h3-14,17H,15-16H2,1-2H3,(H,27,30). The first-order valence-electron chi connectivity index (χ1n) is 10.7. The van der Waals surface area contributed by atoms with Crippen LogP contribution in [0.3, 0.4) is 0 Å². The number of pyridine rings is 1. The maximum atomic E-state index is 12.7. The van der Waals surface area contributed by atoms with E-state index in [1.165, 1.54) is 12.1 Å². The van der Waals surface area contributed by atoms with Gasteiger partial charge in [-0.05, 0) is 54.4 Å². The lowest BCUT2D eigenvalue weighted by atomic mass is 10.1. The largest absolute Gasteiger partial charge is 0.493 e. The van der Waals surface area contributed by atoms with Crippen molar-refractivity contribution in [1.82, 2.24) is 14.9 Å². The number of fused-ring (bicyclic) bond motifs is 1. The van der Waals surface area contributed by atoms with Gasteiger partial charge in [0, 0.05) is 41.6 Å². The zero-order chi connectivity index (χ0) is 24.1. The van der Waals surface area contributed by atoms with Crippen LogP contribution in [0, 0.1) is 10.1 Å². The van der Waals surface area contributed by atoms with Gasteiger partial charge in [0.1, 0.15) is 13.2 Å². The Kier molecular flexibility index (Phi) is 6.72. The lowest BCUT2D eigenvalue weighted by Crippen LogP contribution is -2.29. The van der Waals surface area contributed by atoms with Gasteiger partial charge in [0.25, 0.3) is 5.69 Å². The molecule has 1 unspecified atom stereocenters. The predicted molar refractivity (Wildman–Crippen MR) is 127 cm³/mol. The third-order valence-electron chi connectivity index (χ3n) is 5.49. The Morgan fingerprint density at radius 2 is 1.91 bits per heavy atom. The maximum Gasteiger partial charge on any atom is 0.270 e. The predicted octanol–water partition coefficient (Wildman–Crippen LogP) is 4.41. The van der Waals surface area contributed by atoms with E-state index in [2.05, 4.69) is 10.3 Å². The number of nitro benzene ring substituents is 1. The summed E-state index contributed by atoms with van der Waals surface area (Å²) in [6.45, 7) is 2.37. The lowest BCUT2D eigenvalue weighted by Gasteiger charge is -2.18. The maximum absolute atomic E-state index is 12.7. The van der Waals surface area contributed by atoms with E-state index in [0.717, 1.165) is 16.6 Å². The van der Waals surface area contributed by atoms with Crippen molar-refractivity contribution in [2.24, 2.45) is 0 Å². The first kappa shape index (κ1) is 22.8. The number of benzene rings is 2. The van der Waals surface area contributed by atoms with E-state index in [1.54, 1.807) is 42.4 Å². The van der Waals surface area contributed by atoms with E-state index in [-0.39, 0.29) is 24.2 Å². The van der Waals surface area contributed by atoms with Crippen molar-refractivity contribution >= 4 is 22.5 Å². The van der Waals surface area contributed by atoms with Crippen LogP contribution in [-0.2, 0) is 17.9 Å². The van der Waals surface area contributed by atoms with E-state index in [0.29, 0.717) is 23.5 Å². The number of methoxy groups -OCH3 is 1. The molecule has 2 heterocycles. The molecule has 0 spiro atoms. The number of carbonyl (C=O) groups is 1. The number of non-ortho nitro benzene ring substituents is 1. The highest BCUT2D eigenvalue weighted by Gasteiger charge is 2.15. The number of carbonyl (C=O) groups excluding carboxylic acids is 1. The van der Waals surface area contributed by atoms with Crippen LogP contribution < -0.4 is 14.8 Å². The third-order valence-corrected chi connectivity index (χ3v) is 5.49. The summed E-state index contributed by atoms with van der Waals surface area (Å²) in [4.78, 5) is 27.2. The molecular formula is C25H24N4O5. The molecule has 0 fully saturated rings. The molecule has 174 valence electrons. The molecule has 0 saturated carbocycles. The third kappa shape index (κ3) is 5.15. The number of nitro groups is 1. The monoisotopic (exact) mass is 460 g/mol. The average Bonchev–Trinajstić information content (AvgIpc) is 3.24. The zero-order valence-electron chi connectivity index (χ0n) is 18.8. The summed E-state index contributed by atoms with van der Waals surface area (Å²) in [7, 11) is 1.57. The molecule has 0 radical (unpaired) electrons. The van der Waals surface area contributed by atoms with Gasteiger partial charge in [0.05, 0.1) is 18.1 Å². The van der Waals surface area contributed by atoms with Crippen molar-refractivity contribution in [1.29, 1.82) is 0 Å². The molecule has 4 rings (SSSR count). The van der Waals surface area contributed by atoms with Gasteiger partial charge in [-0.15, -0.1) is 0 Å². The Bertz CT molecular complexity index is 1320. The Labute approximate surface area is 196 Å². The molecule has 2 aromatic heterocycles. The highest BCUT2D eigenvalue weighted by atomic mass is 16.6. The Morgan fingerprint density at radius 3 is 2.65 bits per heavy atom. The van der Waals surface area contributed by atoms with E-state index in [1.807, 2.05) is 37.3 Å². The summed E-state index contributed by atoms with van der Waals surface area (Å²) in [5.74, 6) is 1.00. The van der Waals surface area contributed by atoms with Crippen molar-refractivity contribution < 1.29 is 19.2 Å². The molecule has 0 saturated heterocycles. The fraction of sp³-hybridized carbons (Fsp3) is 0.200. The second kappa shape index (κ2) is 10.0. The molecular weight excluding hydrogens is 436 g/mol. The molecule has 9 heteroatoms. The summed E-state index contributed by atoms with van der Waals surface area (Å²) in [6.07, 6.45) is 5.17. The number of nitrogens with zero attached hydrogens (tertiary/aromatic N) is 3. The van der Waals surface area contributed by atoms with Crippen LogP contribution in [0.1, 0.15) is 24.1 Å². The van der Waals surface area contributed by atoms with Crippen molar-refractivity contribution in [3.05, 3.63) is 94.4 Å². The lowest BCUT2D eigenvalue weighted by molar-refractivity contribution is -0.384. The van der Waals surface area contributed by atoms with Gasteiger partial charge in [0.15, 0.2) is 11.5 Å². The Hall–Kier alpha value is -4.40. The molecule has 0 aliphatic rings. The highest BCUT2D eigenvalue weighted by molar-refractivity contribution is 5.85. The van der Waals surface area contributed by atoms with Crippen LogP contribution in [0.25, 0.3) is 10.9 Å². The summed E-state index contributed by atoms with van der Waals surface area (Å²) < 4.78 is 13.1. The SMILES string of the molecule is COc1cc(C(C)NC(=O)Cn2ccc3cc([N+](=O)[O-])ccc32)ccc1OCc1ccncc1. The Balaban J connectivity index is 1.40. The van der Waals surface area contributed by atoms with E-state index in [9.17, 15) is 14.9 Å². The van der Waals surface area contributed by atoms with Crippen LogP contribution >= 0.6 is 0 Å². The van der Waals surface area contributed by atoms with Gasteiger partial charge in [-0.2, -0.15) is 0 Å². The molecule has 1 amide bonds. The van der Waals surface area contributed by atoms with Crippen molar-refractivity contribution in [3.63, 3.8) is 0 Å². The molecule has 4 aromatic rings. The first-order valence-corrected chi connectivity index (χ1v) is 10.7. The molecule has 0 aliphatic carbocycles. The molecule has 2 aromatic carbocycles. The second-order valence-electron chi connectivity index (χ2n) is 7.79. The molecule has 0 aliphatic heterocycles. The van der Waals surface area contributed by atoms with E-state index < -0.39 is 4.92 Å². The minimum Gasteiger partial charge on any atom is -0.493 e. The van der Waals surface area contributed by atoms with Crippen LogP contribution in [0.4, 0.5) is 5.69 Å². The van der Waals surface area contributed by atoms with Gasteiger partial charge in [-0.1, -0.05) is 6.07 Å². The molecule has 1 N–H and O–H groups in total. The fourth-order valence-corrected chi connectivity index (χ4v) is 3.68. The van der Waals surface area contributed by atoms with Gasteiger partial charge < -0.3 is 19.4 Å². The van der Waals surface area contributed by atoms with Crippen molar-refractivity contribution in [3.8, 4) is 11.5 Å². The van der Waals surface area contributed by atoms with Crippen molar-refractivity contribution in [2.75, 3.05) is 7.11 Å². The number of ether oxygens (including phenoxy) is 2. The second-order valence-corrected chi connectivity index (χ2v) is 7.79. The summed E-state index contributed by atoms with van der Waals surface area (Å²) in [5.41, 5.74) is 2.64. The molecule has 9 nitrogen and oxygen atoms in total. The minimum absolute atomic E-state index is 0.0190. The topological polar surface area (TPSA) is 109 Å².